The van der Waals surface area contributed by atoms with Gasteiger partial charge in [-0.1, -0.05) is 39.0 Å². The molecule has 0 saturated carbocycles. The maximum Gasteiger partial charge on any atom is 0.243 e. The lowest BCUT2D eigenvalue weighted by molar-refractivity contribution is -0.117. The second-order valence-corrected chi connectivity index (χ2v) is 10.3. The van der Waals surface area contributed by atoms with Crippen molar-refractivity contribution < 1.29 is 22.7 Å². The molecule has 1 amide bonds. The number of anilines is 1. The molecule has 3 rings (SSSR count). The third-order valence-corrected chi connectivity index (χ3v) is 6.39. The molecule has 1 aliphatic heterocycles. The Labute approximate surface area is 178 Å². The molecule has 1 heterocycles. The van der Waals surface area contributed by atoms with Gasteiger partial charge < -0.3 is 14.8 Å². The molecule has 2 aromatic rings. The summed E-state index contributed by atoms with van der Waals surface area (Å²) in [6, 6.07) is 13.7. The van der Waals surface area contributed by atoms with Gasteiger partial charge in [0, 0.05) is 19.5 Å². The molecule has 1 N–H and O–H groups in total. The number of morpholine rings is 1. The van der Waals surface area contributed by atoms with Crippen molar-refractivity contribution in [2.45, 2.75) is 32.1 Å². The van der Waals surface area contributed by atoms with Crippen molar-refractivity contribution >= 4 is 21.6 Å². The number of hydrogen-bond donors (Lipinski definition) is 1. The van der Waals surface area contributed by atoms with Gasteiger partial charge in [-0.15, -0.1) is 0 Å². The van der Waals surface area contributed by atoms with E-state index >= 15 is 0 Å². The minimum atomic E-state index is -3.70. The van der Waals surface area contributed by atoms with E-state index in [-0.39, 0.29) is 22.6 Å². The Morgan fingerprint density at radius 3 is 2.40 bits per heavy atom. The normalized spacial score (nSPS) is 15.6. The van der Waals surface area contributed by atoms with Crippen LogP contribution in [0.1, 0.15) is 27.2 Å². The van der Waals surface area contributed by atoms with E-state index in [2.05, 4.69) is 5.32 Å². The number of carbonyl (C=O) groups excluding carboxylic acids is 1. The lowest BCUT2D eigenvalue weighted by Crippen LogP contribution is -2.40. The number of benzene rings is 2. The van der Waals surface area contributed by atoms with Crippen LogP contribution in [0.4, 0.5) is 5.69 Å². The summed E-state index contributed by atoms with van der Waals surface area (Å²) in [5.74, 6) is 0.762. The van der Waals surface area contributed by atoms with Crippen LogP contribution in [-0.2, 0) is 19.6 Å². The SMILES string of the molecule is CC(C)(C)CC(=O)Nc1cc(S(=O)(=O)N2CCOCC2)ccc1Oc1ccccc1. The van der Waals surface area contributed by atoms with Crippen LogP contribution in [0.25, 0.3) is 0 Å². The first-order valence-corrected chi connectivity index (χ1v) is 11.3. The summed E-state index contributed by atoms with van der Waals surface area (Å²) in [5.41, 5.74) is 0.115. The summed E-state index contributed by atoms with van der Waals surface area (Å²) in [7, 11) is -3.70. The Kier molecular flexibility index (Phi) is 6.80. The fraction of sp³-hybridized carbons (Fsp3) is 0.409. The van der Waals surface area contributed by atoms with Gasteiger partial charge in [0.25, 0.3) is 0 Å². The molecule has 2 aromatic carbocycles. The van der Waals surface area contributed by atoms with Gasteiger partial charge in [-0.05, 0) is 35.7 Å². The first kappa shape index (κ1) is 22.3. The molecule has 0 aromatic heterocycles. The summed E-state index contributed by atoms with van der Waals surface area (Å²) in [4.78, 5) is 12.7. The van der Waals surface area contributed by atoms with Crippen LogP contribution in [0.3, 0.4) is 0 Å². The molecule has 0 bridgehead atoms. The van der Waals surface area contributed by atoms with Gasteiger partial charge in [-0.25, -0.2) is 8.42 Å². The lowest BCUT2D eigenvalue weighted by Gasteiger charge is -2.26. The highest BCUT2D eigenvalue weighted by molar-refractivity contribution is 7.89. The second-order valence-electron chi connectivity index (χ2n) is 8.38. The summed E-state index contributed by atoms with van der Waals surface area (Å²) in [6.45, 7) is 7.23. The van der Waals surface area contributed by atoms with Gasteiger partial charge in [-0.2, -0.15) is 4.31 Å². The van der Waals surface area contributed by atoms with E-state index in [1.54, 1.807) is 18.2 Å². The lowest BCUT2D eigenvalue weighted by atomic mass is 9.92. The van der Waals surface area contributed by atoms with Gasteiger partial charge >= 0.3 is 0 Å². The van der Waals surface area contributed by atoms with E-state index in [1.807, 2.05) is 39.0 Å². The van der Waals surface area contributed by atoms with Gasteiger partial charge in [0.2, 0.25) is 15.9 Å². The molecular weight excluding hydrogens is 404 g/mol. The zero-order valence-electron chi connectivity index (χ0n) is 17.6. The number of amides is 1. The third-order valence-electron chi connectivity index (χ3n) is 4.49. The molecule has 1 saturated heterocycles. The van der Waals surface area contributed by atoms with E-state index < -0.39 is 10.0 Å². The van der Waals surface area contributed by atoms with Crippen LogP contribution in [0.5, 0.6) is 11.5 Å². The van der Waals surface area contributed by atoms with Crippen molar-refractivity contribution in [1.29, 1.82) is 0 Å². The van der Waals surface area contributed by atoms with Crippen molar-refractivity contribution in [2.24, 2.45) is 5.41 Å². The second kappa shape index (κ2) is 9.16. The number of sulfonamides is 1. The van der Waals surface area contributed by atoms with Crippen LogP contribution in [-0.4, -0.2) is 44.9 Å². The highest BCUT2D eigenvalue weighted by atomic mass is 32.2. The minimum absolute atomic E-state index is 0.107. The van der Waals surface area contributed by atoms with Crippen LogP contribution in [0, 0.1) is 5.41 Å². The number of para-hydroxylation sites is 1. The van der Waals surface area contributed by atoms with E-state index in [0.717, 1.165) is 0 Å². The van der Waals surface area contributed by atoms with Gasteiger partial charge in [-0.3, -0.25) is 4.79 Å². The summed E-state index contributed by atoms with van der Waals surface area (Å²) >= 11 is 0. The van der Waals surface area contributed by atoms with Crippen LogP contribution in [0.2, 0.25) is 0 Å². The Hall–Kier alpha value is -2.42. The zero-order chi connectivity index (χ0) is 21.8. The fourth-order valence-corrected chi connectivity index (χ4v) is 4.52. The Bertz CT molecular complexity index is 978. The number of carbonyl (C=O) groups is 1. The van der Waals surface area contributed by atoms with E-state index in [9.17, 15) is 13.2 Å². The van der Waals surface area contributed by atoms with Crippen molar-refractivity contribution in [3.63, 3.8) is 0 Å². The minimum Gasteiger partial charge on any atom is -0.455 e. The first-order chi connectivity index (χ1) is 14.1. The predicted molar refractivity (Wildman–Crippen MR) is 115 cm³/mol. The van der Waals surface area contributed by atoms with E-state index in [1.165, 1.54) is 16.4 Å². The summed E-state index contributed by atoms with van der Waals surface area (Å²) in [5, 5.41) is 2.83. The molecule has 0 aliphatic carbocycles. The van der Waals surface area contributed by atoms with Gasteiger partial charge in [0.1, 0.15) is 5.75 Å². The van der Waals surface area contributed by atoms with Crippen molar-refractivity contribution in [3.8, 4) is 11.5 Å². The molecule has 1 fully saturated rings. The van der Waals surface area contributed by atoms with Crippen LogP contribution in [0.15, 0.2) is 53.4 Å². The summed E-state index contributed by atoms with van der Waals surface area (Å²) < 4.78 is 38.6. The molecule has 0 atom stereocenters. The number of nitrogens with one attached hydrogen (secondary N) is 1. The van der Waals surface area contributed by atoms with Gasteiger partial charge in [0.05, 0.1) is 23.8 Å². The molecule has 0 unspecified atom stereocenters. The molecule has 0 radical (unpaired) electrons. The average molecular weight is 433 g/mol. The van der Waals surface area contributed by atoms with Crippen LogP contribution >= 0.6 is 0 Å². The topological polar surface area (TPSA) is 84.9 Å². The fourth-order valence-electron chi connectivity index (χ4n) is 3.08. The first-order valence-electron chi connectivity index (χ1n) is 9.90. The third kappa shape index (κ3) is 5.81. The molecule has 1 aliphatic rings. The number of ether oxygens (including phenoxy) is 2. The maximum absolute atomic E-state index is 13.0. The van der Waals surface area contributed by atoms with Crippen molar-refractivity contribution in [2.75, 3.05) is 31.6 Å². The number of hydrogen-bond acceptors (Lipinski definition) is 5. The van der Waals surface area contributed by atoms with Gasteiger partial charge in [0.15, 0.2) is 5.75 Å². The van der Waals surface area contributed by atoms with Crippen LogP contribution < -0.4 is 10.1 Å². The van der Waals surface area contributed by atoms with E-state index in [0.29, 0.717) is 43.5 Å². The largest absolute Gasteiger partial charge is 0.455 e. The smallest absolute Gasteiger partial charge is 0.243 e. The summed E-state index contributed by atoms with van der Waals surface area (Å²) in [6.07, 6.45) is 0.290. The molecule has 162 valence electrons. The maximum atomic E-state index is 13.0. The number of nitrogens with zero attached hydrogens (tertiary/aromatic N) is 1. The van der Waals surface area contributed by atoms with Crippen molar-refractivity contribution in [1.82, 2.24) is 4.31 Å². The Morgan fingerprint density at radius 1 is 1.10 bits per heavy atom. The average Bonchev–Trinajstić information content (AvgIpc) is 2.69. The number of rotatable bonds is 6. The highest BCUT2D eigenvalue weighted by Gasteiger charge is 2.27. The van der Waals surface area contributed by atoms with E-state index in [4.69, 9.17) is 9.47 Å². The molecule has 7 nitrogen and oxygen atoms in total. The standard InChI is InChI=1S/C22H28N2O5S/c1-22(2,3)16-21(25)23-19-15-18(30(26,27)24-11-13-28-14-12-24)9-10-20(19)29-17-7-5-4-6-8-17/h4-10,15H,11-14,16H2,1-3H3,(H,23,25). The predicted octanol–water partition coefficient (Wildman–Crippen LogP) is 3.87. The highest BCUT2D eigenvalue weighted by Crippen LogP contribution is 2.33. The Balaban J connectivity index is 1.93. The monoisotopic (exact) mass is 432 g/mol. The van der Waals surface area contributed by atoms with Crippen molar-refractivity contribution in [3.05, 3.63) is 48.5 Å². The molecular formula is C22H28N2O5S. The molecule has 0 spiro atoms. The quantitative estimate of drug-likeness (QED) is 0.749. The molecule has 8 heteroatoms. The molecule has 30 heavy (non-hydrogen) atoms. The Morgan fingerprint density at radius 2 is 1.77 bits per heavy atom. The zero-order valence-corrected chi connectivity index (χ0v) is 18.4.